The number of piperazine rings is 1. The van der Waals surface area contributed by atoms with E-state index in [1.54, 1.807) is 0 Å². The van der Waals surface area contributed by atoms with Crippen LogP contribution >= 0.6 is 0 Å². The lowest BCUT2D eigenvalue weighted by atomic mass is 9.91. The summed E-state index contributed by atoms with van der Waals surface area (Å²) in [5.41, 5.74) is 2.79. The van der Waals surface area contributed by atoms with Gasteiger partial charge in [-0.25, -0.2) is 0 Å². The SMILES string of the molecule is c1ccc2cc(C(c3cccc4ccccc34)N3CCNCC3)ccc2c1. The summed E-state index contributed by atoms with van der Waals surface area (Å²) in [6.07, 6.45) is 0. The minimum Gasteiger partial charge on any atom is -0.314 e. The second-order valence-corrected chi connectivity index (χ2v) is 7.36. The Balaban J connectivity index is 1.70. The van der Waals surface area contributed by atoms with Crippen molar-refractivity contribution in [1.82, 2.24) is 10.2 Å². The van der Waals surface area contributed by atoms with E-state index in [4.69, 9.17) is 0 Å². The van der Waals surface area contributed by atoms with Crippen molar-refractivity contribution in [1.29, 1.82) is 0 Å². The zero-order chi connectivity index (χ0) is 18.1. The minimum absolute atomic E-state index is 0.280. The van der Waals surface area contributed by atoms with Crippen molar-refractivity contribution in [3.63, 3.8) is 0 Å². The zero-order valence-electron chi connectivity index (χ0n) is 15.4. The molecule has 1 unspecified atom stereocenters. The Hall–Kier alpha value is -2.68. The van der Waals surface area contributed by atoms with Gasteiger partial charge in [0.1, 0.15) is 0 Å². The van der Waals surface area contributed by atoms with Gasteiger partial charge in [0.05, 0.1) is 6.04 Å². The molecule has 0 bridgehead atoms. The predicted molar refractivity (Wildman–Crippen MR) is 114 cm³/mol. The molecule has 0 saturated carbocycles. The van der Waals surface area contributed by atoms with Crippen LogP contribution < -0.4 is 5.32 Å². The first-order valence-electron chi connectivity index (χ1n) is 9.81. The number of nitrogens with one attached hydrogen (secondary N) is 1. The average molecular weight is 352 g/mol. The van der Waals surface area contributed by atoms with Crippen molar-refractivity contribution in [3.05, 3.63) is 96.1 Å². The molecule has 2 heteroatoms. The smallest absolute Gasteiger partial charge is 0.0609 e. The number of hydrogen-bond donors (Lipinski definition) is 1. The fourth-order valence-corrected chi connectivity index (χ4v) is 4.39. The molecule has 1 saturated heterocycles. The molecule has 1 atom stereocenters. The lowest BCUT2D eigenvalue weighted by Gasteiger charge is -2.36. The predicted octanol–water partition coefficient (Wildman–Crippen LogP) is 4.99. The molecule has 0 aliphatic carbocycles. The Bertz CT molecular complexity index is 1070. The van der Waals surface area contributed by atoms with Gasteiger partial charge in [0.25, 0.3) is 0 Å². The van der Waals surface area contributed by atoms with Crippen LogP contribution in [-0.2, 0) is 0 Å². The first-order valence-corrected chi connectivity index (χ1v) is 9.81. The largest absolute Gasteiger partial charge is 0.314 e. The highest BCUT2D eigenvalue weighted by Crippen LogP contribution is 2.35. The molecule has 5 rings (SSSR count). The highest BCUT2D eigenvalue weighted by atomic mass is 15.2. The summed E-state index contributed by atoms with van der Waals surface area (Å²) in [6.45, 7) is 4.24. The van der Waals surface area contributed by atoms with Gasteiger partial charge in [-0.05, 0) is 38.7 Å². The second-order valence-electron chi connectivity index (χ2n) is 7.36. The number of benzene rings is 4. The second kappa shape index (κ2) is 7.15. The molecule has 1 N–H and O–H groups in total. The number of rotatable bonds is 3. The third-order valence-electron chi connectivity index (χ3n) is 5.72. The lowest BCUT2D eigenvalue weighted by molar-refractivity contribution is 0.199. The maximum Gasteiger partial charge on any atom is 0.0609 e. The van der Waals surface area contributed by atoms with Crippen molar-refractivity contribution in [2.24, 2.45) is 0 Å². The van der Waals surface area contributed by atoms with Crippen LogP contribution in [0.4, 0.5) is 0 Å². The molecule has 0 spiro atoms. The molecule has 2 nitrogen and oxygen atoms in total. The summed E-state index contributed by atoms with van der Waals surface area (Å²) in [7, 11) is 0. The maximum atomic E-state index is 3.50. The molecule has 4 aromatic rings. The zero-order valence-corrected chi connectivity index (χ0v) is 15.4. The highest BCUT2D eigenvalue weighted by molar-refractivity contribution is 5.87. The quantitative estimate of drug-likeness (QED) is 0.559. The van der Waals surface area contributed by atoms with E-state index in [1.165, 1.54) is 32.7 Å². The van der Waals surface area contributed by atoms with E-state index in [0.717, 1.165) is 26.2 Å². The number of hydrogen-bond acceptors (Lipinski definition) is 2. The van der Waals surface area contributed by atoms with Crippen LogP contribution in [0.1, 0.15) is 17.2 Å². The molecule has 0 amide bonds. The molecule has 0 radical (unpaired) electrons. The molecule has 1 aliphatic rings. The third-order valence-corrected chi connectivity index (χ3v) is 5.72. The summed E-state index contributed by atoms with van der Waals surface area (Å²) in [5, 5.41) is 8.79. The minimum atomic E-state index is 0.280. The van der Waals surface area contributed by atoms with Crippen LogP contribution in [0.25, 0.3) is 21.5 Å². The molecule has 0 aromatic heterocycles. The van der Waals surface area contributed by atoms with Gasteiger partial charge in [0, 0.05) is 26.2 Å². The fourth-order valence-electron chi connectivity index (χ4n) is 4.39. The Morgan fingerprint density at radius 2 is 1.37 bits per heavy atom. The van der Waals surface area contributed by atoms with Crippen molar-refractivity contribution >= 4 is 21.5 Å². The molecule has 1 heterocycles. The summed E-state index contributed by atoms with van der Waals surface area (Å²) < 4.78 is 0. The fraction of sp³-hybridized carbons (Fsp3) is 0.200. The molecular weight excluding hydrogens is 328 g/mol. The number of nitrogens with zero attached hydrogens (tertiary/aromatic N) is 1. The van der Waals surface area contributed by atoms with Crippen molar-refractivity contribution in [3.8, 4) is 0 Å². The third kappa shape index (κ3) is 3.12. The Labute approximate surface area is 160 Å². The van der Waals surface area contributed by atoms with Crippen LogP contribution in [0.2, 0.25) is 0 Å². The van der Waals surface area contributed by atoms with E-state index < -0.39 is 0 Å². The van der Waals surface area contributed by atoms with Gasteiger partial charge in [-0.1, -0.05) is 78.9 Å². The molecule has 27 heavy (non-hydrogen) atoms. The number of fused-ring (bicyclic) bond motifs is 2. The Morgan fingerprint density at radius 1 is 0.667 bits per heavy atom. The monoisotopic (exact) mass is 352 g/mol. The van der Waals surface area contributed by atoms with Gasteiger partial charge in [0.2, 0.25) is 0 Å². The summed E-state index contributed by atoms with van der Waals surface area (Å²) in [6, 6.07) is 31.4. The maximum absolute atomic E-state index is 3.50. The average Bonchev–Trinajstić information content (AvgIpc) is 2.75. The molecular formula is C25H24N2. The van der Waals surface area contributed by atoms with Crippen LogP contribution in [0.15, 0.2) is 84.9 Å². The summed E-state index contributed by atoms with van der Waals surface area (Å²) >= 11 is 0. The van der Waals surface area contributed by atoms with E-state index >= 15 is 0 Å². The molecule has 1 aliphatic heterocycles. The van der Waals surface area contributed by atoms with Gasteiger partial charge < -0.3 is 5.32 Å². The van der Waals surface area contributed by atoms with Crippen LogP contribution in [0.5, 0.6) is 0 Å². The van der Waals surface area contributed by atoms with Crippen molar-refractivity contribution in [2.45, 2.75) is 6.04 Å². The molecule has 1 fully saturated rings. The molecule has 134 valence electrons. The first-order chi connectivity index (χ1) is 13.4. The Morgan fingerprint density at radius 3 is 2.22 bits per heavy atom. The lowest BCUT2D eigenvalue weighted by Crippen LogP contribution is -2.45. The highest BCUT2D eigenvalue weighted by Gasteiger charge is 2.25. The van der Waals surface area contributed by atoms with E-state index in [-0.39, 0.29) is 6.04 Å². The first kappa shape index (κ1) is 16.5. The van der Waals surface area contributed by atoms with E-state index in [2.05, 4.69) is 95.1 Å². The standard InChI is InChI=1S/C25H24N2/c1-2-8-21-18-22(13-12-19(21)6-1)25(27-16-14-26-15-17-27)24-11-5-9-20-7-3-4-10-23(20)24/h1-13,18,25-26H,14-17H2. The normalized spacial score (nSPS) is 16.6. The summed E-state index contributed by atoms with van der Waals surface area (Å²) in [4.78, 5) is 2.63. The van der Waals surface area contributed by atoms with Gasteiger partial charge in [-0.3, -0.25) is 4.90 Å². The van der Waals surface area contributed by atoms with Gasteiger partial charge in [-0.15, -0.1) is 0 Å². The van der Waals surface area contributed by atoms with Crippen LogP contribution in [0.3, 0.4) is 0 Å². The van der Waals surface area contributed by atoms with Gasteiger partial charge in [0.15, 0.2) is 0 Å². The summed E-state index contributed by atoms with van der Waals surface area (Å²) in [5.74, 6) is 0. The topological polar surface area (TPSA) is 15.3 Å². The van der Waals surface area contributed by atoms with Gasteiger partial charge >= 0.3 is 0 Å². The van der Waals surface area contributed by atoms with E-state index in [9.17, 15) is 0 Å². The van der Waals surface area contributed by atoms with Crippen molar-refractivity contribution in [2.75, 3.05) is 26.2 Å². The molecule has 4 aromatic carbocycles. The Kier molecular flexibility index (Phi) is 4.36. The van der Waals surface area contributed by atoms with E-state index in [1.807, 2.05) is 0 Å². The van der Waals surface area contributed by atoms with E-state index in [0.29, 0.717) is 0 Å². The van der Waals surface area contributed by atoms with Gasteiger partial charge in [-0.2, -0.15) is 0 Å². The van der Waals surface area contributed by atoms with Crippen molar-refractivity contribution < 1.29 is 0 Å². The van der Waals surface area contributed by atoms with Crippen LogP contribution in [0, 0.1) is 0 Å². The van der Waals surface area contributed by atoms with Crippen LogP contribution in [-0.4, -0.2) is 31.1 Å².